The first kappa shape index (κ1) is 14.9. The summed E-state index contributed by atoms with van der Waals surface area (Å²) in [7, 11) is 1.58. The summed E-state index contributed by atoms with van der Waals surface area (Å²) in [6.07, 6.45) is 1.40. The lowest BCUT2D eigenvalue weighted by molar-refractivity contribution is 0.0710. The van der Waals surface area contributed by atoms with E-state index in [4.69, 9.17) is 16.3 Å². The third-order valence-corrected chi connectivity index (χ3v) is 4.07. The van der Waals surface area contributed by atoms with Gasteiger partial charge in [0.05, 0.1) is 29.5 Å². The van der Waals surface area contributed by atoms with Crippen molar-refractivity contribution in [2.24, 2.45) is 0 Å². The molecule has 6 nitrogen and oxygen atoms in total. The number of carbonyl (C=O) groups is 1. The minimum absolute atomic E-state index is 0.0000517. The molecule has 0 radical (unpaired) electrons. The number of methoxy groups -OCH3 is 1. The minimum atomic E-state index is -0.628. The van der Waals surface area contributed by atoms with Crippen LogP contribution in [0.4, 0.5) is 4.39 Å². The second-order valence-corrected chi connectivity index (χ2v) is 5.55. The number of ether oxygens (including phenoxy) is 1. The van der Waals surface area contributed by atoms with Crippen LogP contribution in [0.3, 0.4) is 0 Å². The maximum Gasteiger partial charge on any atom is 0.256 e. The van der Waals surface area contributed by atoms with Crippen LogP contribution in [-0.4, -0.2) is 52.5 Å². The van der Waals surface area contributed by atoms with E-state index in [0.29, 0.717) is 13.1 Å². The topological polar surface area (TPSA) is 71.1 Å². The van der Waals surface area contributed by atoms with E-state index in [1.54, 1.807) is 18.2 Å². The number of carbonyl (C=O) groups excluding carboxylic acids is 1. The number of amides is 1. The predicted octanol–water partition coefficient (Wildman–Crippen LogP) is 1.85. The normalized spacial score (nSPS) is 21.3. The number of rotatable bonds is 3. The van der Waals surface area contributed by atoms with E-state index in [9.17, 15) is 9.18 Å². The van der Waals surface area contributed by atoms with Gasteiger partial charge in [-0.1, -0.05) is 11.6 Å². The van der Waals surface area contributed by atoms with Gasteiger partial charge < -0.3 is 9.64 Å². The van der Waals surface area contributed by atoms with Gasteiger partial charge in [-0.2, -0.15) is 15.4 Å². The summed E-state index contributed by atoms with van der Waals surface area (Å²) in [6, 6.07) is 4.02. The molecule has 0 aliphatic carbocycles. The number of H-pyrrole nitrogens is 1. The molecule has 2 heterocycles. The fourth-order valence-corrected chi connectivity index (χ4v) is 2.84. The fourth-order valence-electron chi connectivity index (χ4n) is 2.68. The monoisotopic (exact) mass is 324 g/mol. The zero-order valence-corrected chi connectivity index (χ0v) is 12.5. The maximum atomic E-state index is 13.9. The smallest absolute Gasteiger partial charge is 0.256 e. The largest absolute Gasteiger partial charge is 0.379 e. The molecule has 1 aromatic heterocycles. The molecule has 0 bridgehead atoms. The molecule has 0 spiro atoms. The molecular formula is C14H14ClFN4O2. The third kappa shape index (κ3) is 2.69. The Bertz CT molecular complexity index is 679. The summed E-state index contributed by atoms with van der Waals surface area (Å²) >= 11 is 5.71. The van der Waals surface area contributed by atoms with E-state index in [2.05, 4.69) is 15.4 Å². The number of benzene rings is 1. The molecule has 1 N–H and O–H groups in total. The highest BCUT2D eigenvalue weighted by Gasteiger charge is 2.38. The Morgan fingerprint density at radius 1 is 1.50 bits per heavy atom. The number of hydrogen-bond donors (Lipinski definition) is 1. The van der Waals surface area contributed by atoms with Crippen molar-refractivity contribution in [3.05, 3.63) is 46.5 Å². The zero-order valence-electron chi connectivity index (χ0n) is 11.8. The molecule has 0 saturated carbocycles. The van der Waals surface area contributed by atoms with Crippen LogP contribution in [0.2, 0.25) is 5.02 Å². The van der Waals surface area contributed by atoms with Crippen molar-refractivity contribution < 1.29 is 13.9 Å². The van der Waals surface area contributed by atoms with Crippen molar-refractivity contribution in [1.29, 1.82) is 0 Å². The SMILES string of the molecule is CO[C@@H]1CN(C(=O)c2ccc(Cl)cc2F)C[C@H]1c1cn[nH]n1. The van der Waals surface area contributed by atoms with Crippen molar-refractivity contribution in [1.82, 2.24) is 20.3 Å². The molecule has 0 unspecified atom stereocenters. The van der Waals surface area contributed by atoms with E-state index < -0.39 is 5.82 Å². The molecular weight excluding hydrogens is 311 g/mol. The number of likely N-dealkylation sites (tertiary alicyclic amines) is 1. The molecule has 1 saturated heterocycles. The van der Waals surface area contributed by atoms with E-state index in [-0.39, 0.29) is 28.5 Å². The van der Waals surface area contributed by atoms with Gasteiger partial charge in [-0.05, 0) is 18.2 Å². The highest BCUT2D eigenvalue weighted by molar-refractivity contribution is 6.30. The Balaban J connectivity index is 1.82. The second-order valence-electron chi connectivity index (χ2n) is 5.11. The Morgan fingerprint density at radius 2 is 2.32 bits per heavy atom. The molecule has 1 aromatic carbocycles. The summed E-state index contributed by atoms with van der Waals surface area (Å²) in [5.41, 5.74) is 0.721. The van der Waals surface area contributed by atoms with Gasteiger partial charge in [-0.15, -0.1) is 0 Å². The molecule has 116 valence electrons. The minimum Gasteiger partial charge on any atom is -0.379 e. The molecule has 2 aromatic rings. The zero-order chi connectivity index (χ0) is 15.7. The van der Waals surface area contributed by atoms with Crippen molar-refractivity contribution >= 4 is 17.5 Å². The Labute approximate surface area is 131 Å². The van der Waals surface area contributed by atoms with Crippen molar-refractivity contribution in [3.8, 4) is 0 Å². The molecule has 1 fully saturated rings. The molecule has 3 rings (SSSR count). The number of halogens is 2. The molecule has 1 amide bonds. The summed E-state index contributed by atoms with van der Waals surface area (Å²) < 4.78 is 19.3. The van der Waals surface area contributed by atoms with E-state index in [1.165, 1.54) is 12.1 Å². The number of nitrogens with zero attached hydrogens (tertiary/aromatic N) is 3. The van der Waals surface area contributed by atoms with Crippen LogP contribution in [0, 0.1) is 5.82 Å². The van der Waals surface area contributed by atoms with Crippen LogP contribution in [0.15, 0.2) is 24.4 Å². The van der Waals surface area contributed by atoms with Crippen molar-refractivity contribution in [2.75, 3.05) is 20.2 Å². The van der Waals surface area contributed by atoms with Crippen molar-refractivity contribution in [3.63, 3.8) is 0 Å². The van der Waals surface area contributed by atoms with Gasteiger partial charge in [0, 0.05) is 25.2 Å². The van der Waals surface area contributed by atoms with Gasteiger partial charge >= 0.3 is 0 Å². The van der Waals surface area contributed by atoms with Crippen LogP contribution >= 0.6 is 11.6 Å². The third-order valence-electron chi connectivity index (χ3n) is 3.83. The van der Waals surface area contributed by atoms with Gasteiger partial charge in [0.2, 0.25) is 0 Å². The van der Waals surface area contributed by atoms with Crippen LogP contribution in [0.5, 0.6) is 0 Å². The second kappa shape index (κ2) is 6.02. The average Bonchev–Trinajstić information content (AvgIpc) is 3.15. The quantitative estimate of drug-likeness (QED) is 0.935. The molecule has 1 aliphatic heterocycles. The number of aromatic amines is 1. The lowest BCUT2D eigenvalue weighted by atomic mass is 10.0. The van der Waals surface area contributed by atoms with Gasteiger partial charge in [0.1, 0.15) is 5.82 Å². The van der Waals surface area contributed by atoms with Crippen molar-refractivity contribution in [2.45, 2.75) is 12.0 Å². The summed E-state index contributed by atoms with van der Waals surface area (Å²) in [4.78, 5) is 14.1. The highest BCUT2D eigenvalue weighted by Crippen LogP contribution is 2.29. The number of aromatic nitrogens is 3. The first-order chi connectivity index (χ1) is 10.6. The lowest BCUT2D eigenvalue weighted by Gasteiger charge is -2.16. The summed E-state index contributed by atoms with van der Waals surface area (Å²) in [6.45, 7) is 0.765. The average molecular weight is 325 g/mol. The van der Waals surface area contributed by atoms with Crippen LogP contribution < -0.4 is 0 Å². The molecule has 1 aliphatic rings. The van der Waals surface area contributed by atoms with Gasteiger partial charge in [0.25, 0.3) is 5.91 Å². The summed E-state index contributed by atoms with van der Waals surface area (Å²) in [5.74, 6) is -1.11. The molecule has 2 atom stereocenters. The van der Waals surface area contributed by atoms with E-state index >= 15 is 0 Å². The Kier molecular flexibility index (Phi) is 4.08. The van der Waals surface area contributed by atoms with E-state index in [1.807, 2.05) is 0 Å². The predicted molar refractivity (Wildman–Crippen MR) is 77.2 cm³/mol. The first-order valence-corrected chi connectivity index (χ1v) is 7.10. The fraction of sp³-hybridized carbons (Fsp3) is 0.357. The van der Waals surface area contributed by atoms with Crippen LogP contribution in [0.25, 0.3) is 0 Å². The van der Waals surface area contributed by atoms with E-state index in [0.717, 1.165) is 11.8 Å². The first-order valence-electron chi connectivity index (χ1n) is 6.73. The number of nitrogens with one attached hydrogen (secondary N) is 1. The highest BCUT2D eigenvalue weighted by atomic mass is 35.5. The van der Waals surface area contributed by atoms with Gasteiger partial charge in [0.15, 0.2) is 0 Å². The maximum absolute atomic E-state index is 13.9. The van der Waals surface area contributed by atoms with Gasteiger partial charge in [-0.3, -0.25) is 4.79 Å². The van der Waals surface area contributed by atoms with Crippen LogP contribution in [-0.2, 0) is 4.74 Å². The lowest BCUT2D eigenvalue weighted by Crippen LogP contribution is -2.30. The molecule has 8 heteroatoms. The number of hydrogen-bond acceptors (Lipinski definition) is 4. The summed E-state index contributed by atoms with van der Waals surface area (Å²) in [5, 5.41) is 10.6. The van der Waals surface area contributed by atoms with Gasteiger partial charge in [-0.25, -0.2) is 4.39 Å². The standard InChI is InChI=1S/C14H14ClFN4O2/c1-22-13-7-20(6-10(13)12-5-17-19-18-12)14(21)9-3-2-8(15)4-11(9)16/h2-5,10,13H,6-7H2,1H3,(H,17,18,19)/t10-,13+/m0/s1. The Morgan fingerprint density at radius 3 is 2.95 bits per heavy atom. The van der Waals surface area contributed by atoms with Crippen LogP contribution in [0.1, 0.15) is 22.0 Å². The molecule has 22 heavy (non-hydrogen) atoms. The Hall–Kier alpha value is -1.99.